The second-order valence-electron chi connectivity index (χ2n) is 8.28. The summed E-state index contributed by atoms with van der Waals surface area (Å²) in [6, 6.07) is 2.73. The molecule has 4 atom stereocenters. The van der Waals surface area contributed by atoms with Crippen molar-refractivity contribution in [1.82, 2.24) is 5.32 Å². The molecule has 1 N–H and O–H groups in total. The zero-order valence-corrected chi connectivity index (χ0v) is 13.5. The molecule has 1 saturated carbocycles. The number of nitrogens with one attached hydrogen (secondary N) is 1. The first-order chi connectivity index (χ1) is 10.00. The van der Waals surface area contributed by atoms with E-state index in [1.54, 1.807) is 0 Å². The van der Waals surface area contributed by atoms with Crippen molar-refractivity contribution >= 4 is 0 Å². The zero-order valence-electron chi connectivity index (χ0n) is 13.5. The van der Waals surface area contributed by atoms with Crippen LogP contribution >= 0.6 is 0 Å². The Morgan fingerprint density at radius 3 is 2.86 bits per heavy atom. The molecule has 0 spiro atoms. The fourth-order valence-electron chi connectivity index (χ4n) is 4.79. The molecule has 2 heteroatoms. The van der Waals surface area contributed by atoms with Gasteiger partial charge in [-0.15, -0.1) is 0 Å². The number of aryl methyl sites for hydroxylation is 1. The molecule has 0 aromatic carbocycles. The average molecular weight is 285 g/mol. The molecule has 4 unspecified atom stereocenters. The first kappa shape index (κ1) is 13.6. The van der Waals surface area contributed by atoms with Crippen molar-refractivity contribution in [3.05, 3.63) is 35.3 Å². The number of hydrogen-bond acceptors (Lipinski definition) is 2. The Kier molecular flexibility index (Phi) is 3.08. The van der Waals surface area contributed by atoms with Crippen LogP contribution in [-0.4, -0.2) is 6.54 Å². The number of allylic oxidation sites excluding steroid dienone is 2. The number of hydrogen-bond donors (Lipinski definition) is 1. The molecule has 3 aliphatic rings. The predicted molar refractivity (Wildman–Crippen MR) is 85.1 cm³/mol. The summed E-state index contributed by atoms with van der Waals surface area (Å²) in [5.74, 6) is 4.84. The van der Waals surface area contributed by atoms with Gasteiger partial charge in [0.1, 0.15) is 11.5 Å². The summed E-state index contributed by atoms with van der Waals surface area (Å²) in [6.07, 6.45) is 9.97. The Labute approximate surface area is 128 Å². The molecule has 4 rings (SSSR count). The summed E-state index contributed by atoms with van der Waals surface area (Å²) in [4.78, 5) is 0. The third-order valence-electron chi connectivity index (χ3n) is 5.78. The van der Waals surface area contributed by atoms with Gasteiger partial charge in [-0.1, -0.05) is 26.0 Å². The monoisotopic (exact) mass is 285 g/mol. The van der Waals surface area contributed by atoms with E-state index in [9.17, 15) is 0 Å². The quantitative estimate of drug-likeness (QED) is 0.833. The zero-order chi connectivity index (χ0) is 14.6. The largest absolute Gasteiger partial charge is 0.466 e. The highest BCUT2D eigenvalue weighted by atomic mass is 16.3. The van der Waals surface area contributed by atoms with Gasteiger partial charge < -0.3 is 9.73 Å². The fourth-order valence-corrected chi connectivity index (χ4v) is 4.79. The van der Waals surface area contributed by atoms with Crippen molar-refractivity contribution in [2.75, 3.05) is 6.54 Å². The topological polar surface area (TPSA) is 25.2 Å². The molecule has 1 aromatic heterocycles. The van der Waals surface area contributed by atoms with Gasteiger partial charge in [-0.05, 0) is 62.0 Å². The molecule has 2 bridgehead atoms. The summed E-state index contributed by atoms with van der Waals surface area (Å²) in [5.41, 5.74) is 1.76. The minimum absolute atomic E-state index is 0.337. The summed E-state index contributed by atoms with van der Waals surface area (Å²) < 4.78 is 5.94. The highest BCUT2D eigenvalue weighted by Gasteiger charge is 2.38. The Balaban J connectivity index is 1.48. The van der Waals surface area contributed by atoms with Crippen molar-refractivity contribution in [3.63, 3.8) is 0 Å². The van der Waals surface area contributed by atoms with E-state index in [1.807, 2.05) is 0 Å². The Morgan fingerprint density at radius 1 is 1.29 bits per heavy atom. The SMILES string of the molecule is Cc1cc2c(o1)CC(C)(C)CC2NCC1CC2C=CC1C2. The van der Waals surface area contributed by atoms with Gasteiger partial charge >= 0.3 is 0 Å². The molecule has 2 nitrogen and oxygen atoms in total. The van der Waals surface area contributed by atoms with Crippen LogP contribution in [0.1, 0.15) is 56.2 Å². The third-order valence-corrected chi connectivity index (χ3v) is 5.78. The van der Waals surface area contributed by atoms with E-state index in [1.165, 1.54) is 30.6 Å². The first-order valence-electron chi connectivity index (χ1n) is 8.51. The summed E-state index contributed by atoms with van der Waals surface area (Å²) in [6.45, 7) is 7.96. The molecule has 1 aromatic rings. The van der Waals surface area contributed by atoms with E-state index in [-0.39, 0.29) is 0 Å². The number of fused-ring (bicyclic) bond motifs is 3. The number of rotatable bonds is 3. The van der Waals surface area contributed by atoms with E-state index in [0.717, 1.165) is 36.5 Å². The van der Waals surface area contributed by atoms with E-state index in [0.29, 0.717) is 11.5 Å². The molecular weight excluding hydrogens is 258 g/mol. The van der Waals surface area contributed by atoms with Crippen LogP contribution in [0.5, 0.6) is 0 Å². The van der Waals surface area contributed by atoms with Gasteiger partial charge in [0.15, 0.2) is 0 Å². The Morgan fingerprint density at radius 2 is 2.14 bits per heavy atom. The maximum Gasteiger partial charge on any atom is 0.109 e. The normalized spacial score (nSPS) is 36.1. The Hall–Kier alpha value is -1.02. The summed E-state index contributed by atoms with van der Waals surface area (Å²) in [7, 11) is 0. The van der Waals surface area contributed by atoms with Crippen LogP contribution in [0.4, 0.5) is 0 Å². The lowest BCUT2D eigenvalue weighted by Crippen LogP contribution is -2.35. The van der Waals surface area contributed by atoms with Gasteiger partial charge in [0.2, 0.25) is 0 Å². The molecule has 114 valence electrons. The molecule has 0 radical (unpaired) electrons. The van der Waals surface area contributed by atoms with E-state index in [2.05, 4.69) is 44.3 Å². The Bertz CT molecular complexity index is 568. The molecule has 0 saturated heterocycles. The van der Waals surface area contributed by atoms with Gasteiger partial charge in [-0.2, -0.15) is 0 Å². The van der Waals surface area contributed by atoms with Gasteiger partial charge in [-0.25, -0.2) is 0 Å². The molecule has 3 aliphatic carbocycles. The van der Waals surface area contributed by atoms with E-state index >= 15 is 0 Å². The number of furan rings is 1. The minimum Gasteiger partial charge on any atom is -0.466 e. The highest BCUT2D eigenvalue weighted by molar-refractivity contribution is 5.29. The smallest absolute Gasteiger partial charge is 0.109 e. The van der Waals surface area contributed by atoms with Gasteiger partial charge in [0.05, 0.1) is 0 Å². The van der Waals surface area contributed by atoms with Crippen molar-refractivity contribution in [2.45, 2.75) is 52.5 Å². The van der Waals surface area contributed by atoms with Crippen molar-refractivity contribution in [2.24, 2.45) is 23.2 Å². The molecule has 21 heavy (non-hydrogen) atoms. The lowest BCUT2D eigenvalue weighted by atomic mass is 9.74. The lowest BCUT2D eigenvalue weighted by molar-refractivity contribution is 0.226. The van der Waals surface area contributed by atoms with Crippen LogP contribution in [0.3, 0.4) is 0 Å². The van der Waals surface area contributed by atoms with Crippen LogP contribution in [0.15, 0.2) is 22.6 Å². The third kappa shape index (κ3) is 2.48. The molecule has 0 aliphatic heterocycles. The minimum atomic E-state index is 0.337. The van der Waals surface area contributed by atoms with Crippen molar-refractivity contribution in [3.8, 4) is 0 Å². The molecule has 1 heterocycles. The van der Waals surface area contributed by atoms with Crippen molar-refractivity contribution in [1.29, 1.82) is 0 Å². The van der Waals surface area contributed by atoms with Crippen molar-refractivity contribution < 1.29 is 4.42 Å². The fraction of sp³-hybridized carbons (Fsp3) is 0.684. The maximum absolute atomic E-state index is 5.94. The van der Waals surface area contributed by atoms with Crippen LogP contribution in [-0.2, 0) is 6.42 Å². The summed E-state index contributed by atoms with van der Waals surface area (Å²) in [5, 5.41) is 3.88. The molecular formula is C19H27NO. The highest BCUT2D eigenvalue weighted by Crippen LogP contribution is 2.45. The lowest BCUT2D eigenvalue weighted by Gasteiger charge is -2.35. The summed E-state index contributed by atoms with van der Waals surface area (Å²) >= 11 is 0. The molecule has 1 fully saturated rings. The second-order valence-corrected chi connectivity index (χ2v) is 8.28. The second kappa shape index (κ2) is 4.74. The van der Waals surface area contributed by atoms with E-state index in [4.69, 9.17) is 4.42 Å². The van der Waals surface area contributed by atoms with Gasteiger partial charge in [-0.3, -0.25) is 0 Å². The average Bonchev–Trinajstić information content (AvgIpc) is 3.08. The van der Waals surface area contributed by atoms with Gasteiger partial charge in [0, 0.05) is 18.0 Å². The standard InChI is InChI=1S/C19H27NO/c1-12-6-16-17(9-19(2,3)10-18(16)21-12)20-11-15-8-13-4-5-14(15)7-13/h4-6,13-15,17,20H,7-11H2,1-3H3. The van der Waals surface area contributed by atoms with Gasteiger partial charge in [0.25, 0.3) is 0 Å². The predicted octanol–water partition coefficient (Wildman–Crippen LogP) is 4.40. The van der Waals surface area contributed by atoms with Crippen LogP contribution in [0.2, 0.25) is 0 Å². The molecule has 0 amide bonds. The van der Waals surface area contributed by atoms with Crippen LogP contribution in [0, 0.1) is 30.1 Å². The maximum atomic E-state index is 5.94. The first-order valence-corrected chi connectivity index (χ1v) is 8.51. The van der Waals surface area contributed by atoms with E-state index < -0.39 is 0 Å². The van der Waals surface area contributed by atoms with Crippen LogP contribution in [0.25, 0.3) is 0 Å². The van der Waals surface area contributed by atoms with Crippen LogP contribution < -0.4 is 5.32 Å².